The van der Waals surface area contributed by atoms with Gasteiger partial charge in [-0.3, -0.25) is 0 Å². The van der Waals surface area contributed by atoms with Crippen LogP contribution in [0.2, 0.25) is 0 Å². The van der Waals surface area contributed by atoms with Gasteiger partial charge in [0.25, 0.3) is 0 Å². The third-order valence-corrected chi connectivity index (χ3v) is 0. The average molecular weight is 493 g/mol. The van der Waals surface area contributed by atoms with Crippen LogP contribution < -0.4 is 0 Å². The zero-order valence-electron chi connectivity index (χ0n) is 4.97. The number of rotatable bonds is 0. The molecule has 8 heavy (non-hydrogen) atoms. The van der Waals surface area contributed by atoms with Gasteiger partial charge >= 0.3 is 0 Å². The Balaban J connectivity index is -0.000000000333. The van der Waals surface area contributed by atoms with Gasteiger partial charge in [-0.15, -0.1) is 0 Å². The standard InChI is InChI=1S/CH2F.CH3.5Y/c1-2;;;;;;/h1H2;1H3;;;;;/q2*-1;;;;;. The third-order valence-electron chi connectivity index (χ3n) is 0. The van der Waals surface area contributed by atoms with Gasteiger partial charge in [0.2, 0.25) is 0 Å². The Morgan fingerprint density at radius 1 is 0.625 bits per heavy atom. The van der Waals surface area contributed by atoms with Gasteiger partial charge in [-0.1, -0.05) is 0 Å². The van der Waals surface area contributed by atoms with Gasteiger partial charge < -0.3 is 11.8 Å². The normalized spacial score (nSPS) is 0.750. The molecule has 0 aliphatic rings. The Hall–Kier alpha value is 5.45. The molecule has 0 atom stereocenters. The van der Waals surface area contributed by atoms with Crippen LogP contribution in [0.15, 0.2) is 0 Å². The first-order valence-electron chi connectivity index (χ1n) is 0.267. The molecule has 5 radical (unpaired) electrons. The van der Waals surface area contributed by atoms with E-state index in [-0.39, 0.29) is 171 Å². The molecular formula is C2H5FY5-2. The predicted molar refractivity (Wildman–Crippen MR) is 12.9 cm³/mol. The minimum absolute atomic E-state index is 0. The molecule has 0 aliphatic heterocycles. The van der Waals surface area contributed by atoms with Crippen molar-refractivity contribution in [1.82, 2.24) is 0 Å². The molecule has 0 fully saturated rings. The summed E-state index contributed by atoms with van der Waals surface area (Å²) in [5, 5.41) is 0. The maximum atomic E-state index is 9.25. The maximum Gasteiger partial charge on any atom is 0 e. The van der Waals surface area contributed by atoms with E-state index < -0.39 is 0 Å². The Morgan fingerprint density at radius 3 is 0.625 bits per heavy atom. The van der Waals surface area contributed by atoms with Gasteiger partial charge in [-0.05, 0) is 0 Å². The van der Waals surface area contributed by atoms with Gasteiger partial charge in [0, 0.05) is 164 Å². The fourth-order valence-electron chi connectivity index (χ4n) is 0. The zero-order valence-corrected chi connectivity index (χ0v) is 19.2. The monoisotopic (exact) mass is 493 g/mol. The van der Waals surface area contributed by atoms with Crippen LogP contribution in [0.3, 0.4) is 0 Å². The van der Waals surface area contributed by atoms with Crippen molar-refractivity contribution in [2.45, 2.75) is 0 Å². The summed E-state index contributed by atoms with van der Waals surface area (Å²) in [5.74, 6) is 0. The number of halogens is 1. The van der Waals surface area contributed by atoms with Crippen molar-refractivity contribution >= 4 is 0 Å². The van der Waals surface area contributed by atoms with Crippen LogP contribution >= 0.6 is 0 Å². The van der Waals surface area contributed by atoms with E-state index in [0.717, 1.165) is 0 Å². The van der Waals surface area contributed by atoms with Crippen LogP contribution in [-0.4, -0.2) is 0 Å². The molecule has 0 saturated heterocycles. The molecule has 0 rings (SSSR count). The Kier molecular flexibility index (Phi) is 344. The summed E-state index contributed by atoms with van der Waals surface area (Å²) in [6.45, 7) is 0. The van der Waals surface area contributed by atoms with Crippen molar-refractivity contribution in [3.63, 3.8) is 0 Å². The smallest absolute Gasteiger partial charge is 0 e. The van der Waals surface area contributed by atoms with E-state index >= 15 is 0 Å². The fraction of sp³-hybridized carbons (Fsp3) is 0. The maximum absolute atomic E-state index is 9.25. The van der Waals surface area contributed by atoms with E-state index in [1.54, 1.807) is 7.18 Å². The second-order valence-corrected chi connectivity index (χ2v) is 0. The van der Waals surface area contributed by atoms with Gasteiger partial charge in [0.05, 0.1) is 0 Å². The van der Waals surface area contributed by atoms with E-state index in [0.29, 0.717) is 0 Å². The Bertz CT molecular complexity index is 10.4. The van der Waals surface area contributed by atoms with Crippen molar-refractivity contribution in [3.05, 3.63) is 14.6 Å². The van der Waals surface area contributed by atoms with Crippen LogP contribution in [-0.2, 0) is 164 Å². The van der Waals surface area contributed by atoms with Crippen LogP contribution in [0.4, 0.5) is 4.39 Å². The molecule has 0 spiro atoms. The van der Waals surface area contributed by atoms with Gasteiger partial charge in [0.15, 0.2) is 0 Å². The molecule has 0 amide bonds. The second-order valence-electron chi connectivity index (χ2n) is 0. The van der Waals surface area contributed by atoms with Crippen LogP contribution in [0.1, 0.15) is 0 Å². The molecule has 0 saturated carbocycles. The van der Waals surface area contributed by atoms with E-state index in [1.807, 2.05) is 0 Å². The third kappa shape index (κ3) is 42.1. The summed E-state index contributed by atoms with van der Waals surface area (Å²) in [4.78, 5) is 0. The topological polar surface area (TPSA) is 0 Å². The molecule has 0 N–H and O–H groups in total. The summed E-state index contributed by atoms with van der Waals surface area (Å²) >= 11 is 0. The number of hydrogen-bond donors (Lipinski definition) is 0. The van der Waals surface area contributed by atoms with E-state index in [4.69, 9.17) is 0 Å². The largest absolute Gasteiger partial charge is 0.463 e. The quantitative estimate of drug-likeness (QED) is 0.446. The molecule has 0 unspecified atom stereocenters. The molecule has 0 aromatic rings. The minimum Gasteiger partial charge on any atom is -0.463 e. The van der Waals surface area contributed by atoms with E-state index in [1.165, 1.54) is 0 Å². The van der Waals surface area contributed by atoms with E-state index in [9.17, 15) is 4.39 Å². The van der Waals surface area contributed by atoms with Crippen LogP contribution in [0.5, 0.6) is 0 Å². The van der Waals surface area contributed by atoms with E-state index in [2.05, 4.69) is 0 Å². The van der Waals surface area contributed by atoms with Gasteiger partial charge in [-0.25, -0.2) is 0 Å². The van der Waals surface area contributed by atoms with Crippen LogP contribution in [0, 0.1) is 14.6 Å². The molecular weight excluding hydrogens is 488 g/mol. The fourth-order valence-corrected chi connectivity index (χ4v) is 0. The van der Waals surface area contributed by atoms with Gasteiger partial charge in [0.1, 0.15) is 0 Å². The van der Waals surface area contributed by atoms with Crippen LogP contribution in [0.25, 0.3) is 0 Å². The predicted octanol–water partition coefficient (Wildman–Crippen LogP) is 1.19. The van der Waals surface area contributed by atoms with Crippen molar-refractivity contribution in [3.8, 4) is 0 Å². The Labute approximate surface area is 177 Å². The number of hydrogen-bond acceptors (Lipinski definition) is 0. The summed E-state index contributed by atoms with van der Waals surface area (Å²) in [6.07, 6.45) is 0. The SMILES string of the molecule is [CH2-]F.[CH3-].[Y].[Y].[Y].[Y].[Y]. The first-order valence-corrected chi connectivity index (χ1v) is 0.267. The Morgan fingerprint density at radius 2 is 0.625 bits per heavy atom. The molecule has 37 valence electrons. The van der Waals surface area contributed by atoms with Gasteiger partial charge in [-0.2, -0.15) is 7.18 Å². The summed E-state index contributed by atoms with van der Waals surface area (Å²) in [6, 6.07) is 0. The van der Waals surface area contributed by atoms with Crippen molar-refractivity contribution in [2.75, 3.05) is 0 Å². The van der Waals surface area contributed by atoms with Crippen molar-refractivity contribution < 1.29 is 168 Å². The van der Waals surface area contributed by atoms with Crippen molar-refractivity contribution in [1.29, 1.82) is 0 Å². The molecule has 0 aromatic heterocycles. The summed E-state index contributed by atoms with van der Waals surface area (Å²) in [7, 11) is 1.75. The first kappa shape index (κ1) is 50.1. The second kappa shape index (κ2) is 55.0. The van der Waals surface area contributed by atoms with Crippen molar-refractivity contribution in [2.24, 2.45) is 0 Å². The molecule has 0 aliphatic carbocycles. The molecule has 0 bridgehead atoms. The summed E-state index contributed by atoms with van der Waals surface area (Å²) < 4.78 is 9.25. The molecule has 6 heteroatoms. The molecule has 0 heterocycles. The molecule has 0 aromatic carbocycles. The first-order chi connectivity index (χ1) is 1.00. The molecule has 0 nitrogen and oxygen atoms in total. The summed E-state index contributed by atoms with van der Waals surface area (Å²) in [5.41, 5.74) is 0. The minimum atomic E-state index is 0. The zero-order chi connectivity index (χ0) is 2.00. The average Bonchev–Trinajstić information content (AvgIpc) is 1.00.